The van der Waals surface area contributed by atoms with Gasteiger partial charge in [-0.3, -0.25) is 28.0 Å². The average molecular weight is 733 g/mol. The summed E-state index contributed by atoms with van der Waals surface area (Å²) < 4.78 is 53.0. The quantitative estimate of drug-likeness (QED) is 0.124. The smallest absolute Gasteiger partial charge is 0.386 e. The Labute approximate surface area is 275 Å². The zero-order valence-electron chi connectivity index (χ0n) is 24.6. The number of nitrogens with zero attached hydrogens (tertiary/aromatic N) is 7. The minimum atomic E-state index is -4.23. The number of aromatic amines is 1. The first-order valence-corrected chi connectivity index (χ1v) is 19.4. The van der Waals surface area contributed by atoms with E-state index in [4.69, 9.17) is 50.8 Å². The summed E-state index contributed by atoms with van der Waals surface area (Å²) in [6, 6.07) is 0. The topological polar surface area (TPSA) is 272 Å². The first-order chi connectivity index (χ1) is 22.2. The van der Waals surface area contributed by atoms with Gasteiger partial charge in [-0.05, 0) is 11.8 Å². The van der Waals surface area contributed by atoms with Gasteiger partial charge < -0.3 is 40.0 Å². The maximum Gasteiger partial charge on any atom is 0.386 e. The largest absolute Gasteiger partial charge is 0.393 e. The number of nitrogens with one attached hydrogen (secondary N) is 1. The molecule has 3 saturated heterocycles. The highest BCUT2D eigenvalue weighted by Gasteiger charge is 2.58. The van der Waals surface area contributed by atoms with Crippen LogP contribution in [0.25, 0.3) is 22.3 Å². The fourth-order valence-corrected chi connectivity index (χ4v) is 9.34. The number of fused-ring (bicyclic) bond motifs is 4. The molecule has 0 spiro atoms. The van der Waals surface area contributed by atoms with Gasteiger partial charge in [0, 0.05) is 11.8 Å². The van der Waals surface area contributed by atoms with E-state index in [9.17, 15) is 19.4 Å². The van der Waals surface area contributed by atoms with Crippen LogP contribution in [0.3, 0.4) is 0 Å². The fourth-order valence-electron chi connectivity index (χ4n) is 6.24. The summed E-state index contributed by atoms with van der Waals surface area (Å²) in [5.74, 6) is -1.25. The molecule has 47 heavy (non-hydrogen) atoms. The maximum absolute atomic E-state index is 13.8. The Bertz CT molecular complexity index is 2010. The van der Waals surface area contributed by atoms with Gasteiger partial charge in [-0.25, -0.2) is 24.5 Å². The van der Waals surface area contributed by atoms with Crippen LogP contribution in [0, 0.1) is 11.8 Å². The summed E-state index contributed by atoms with van der Waals surface area (Å²) in [6.45, 7) is -6.54. The van der Waals surface area contributed by atoms with Crippen molar-refractivity contribution in [3.05, 3.63) is 29.3 Å². The number of hydrogen-bond donors (Lipinski definition) is 6. The van der Waals surface area contributed by atoms with Crippen molar-refractivity contribution in [2.24, 2.45) is 11.8 Å². The molecule has 0 aromatic carbocycles. The molecule has 24 heteroatoms. The zero-order chi connectivity index (χ0) is 33.5. The van der Waals surface area contributed by atoms with Crippen molar-refractivity contribution in [1.29, 1.82) is 0 Å². The number of ether oxygens (including phenoxy) is 2. The minimum absolute atomic E-state index is 0.0230. The Morgan fingerprint density at radius 1 is 1.09 bits per heavy atom. The third-order valence-electron chi connectivity index (χ3n) is 8.48. The molecule has 0 radical (unpaired) electrons. The molecular weight excluding hydrogens is 702 g/mol. The van der Waals surface area contributed by atoms with Gasteiger partial charge in [0.25, 0.3) is 5.56 Å². The van der Waals surface area contributed by atoms with E-state index in [1.54, 1.807) is 18.4 Å². The number of rotatable bonds is 3. The Balaban J connectivity index is 1.21. The van der Waals surface area contributed by atoms with E-state index in [2.05, 4.69) is 42.2 Å². The predicted molar refractivity (Wildman–Crippen MR) is 169 cm³/mol. The van der Waals surface area contributed by atoms with Crippen molar-refractivity contribution in [3.63, 3.8) is 0 Å². The second-order valence-corrected chi connectivity index (χ2v) is 17.1. The molecule has 10 atom stereocenters. The molecule has 20 nitrogen and oxygen atoms in total. The second kappa shape index (κ2) is 11.8. The molecule has 0 amide bonds. The number of aliphatic hydroxyl groups is 1. The number of thiol groups is 1. The standard InChI is InChI=1S/C23H30N10O10P2S2/c1-9-14-11(40-20(9)33-8-29-13-18(33)30-22(25)31-19(13)35)3-38-44(36,46)43-15-10(2)21(32-7-28-12-16(24)26-6-27-17(12)32)41-23(15,4-34)5-39-45(37,47)42-14/h6-11,14-15,20-21,34H,3-5H2,1-2H3,(H,36,46)(H,37,47)(H2,24,26,27)(H3,25,30,31,35)/t9-,10-,11?,14+,15+,20-,21-,23-,44?,45?/m1/s1. The molecule has 4 aromatic rings. The second-order valence-electron chi connectivity index (χ2n) is 11.5. The molecule has 0 bridgehead atoms. The van der Waals surface area contributed by atoms with Crippen molar-refractivity contribution in [1.82, 2.24) is 39.0 Å². The number of H-pyrrole nitrogens is 1. The molecule has 7 heterocycles. The molecule has 3 aliphatic heterocycles. The number of nitrogen functional groups attached to an aromatic ring is 2. The van der Waals surface area contributed by atoms with E-state index in [1.807, 2.05) is 0 Å². The zero-order valence-corrected chi connectivity index (χ0v) is 28.1. The van der Waals surface area contributed by atoms with Gasteiger partial charge in [0.1, 0.15) is 48.2 Å². The lowest BCUT2D eigenvalue weighted by atomic mass is 9.92. The summed E-state index contributed by atoms with van der Waals surface area (Å²) in [6.07, 6.45) is -0.911. The van der Waals surface area contributed by atoms with Crippen molar-refractivity contribution in [2.45, 2.75) is 50.2 Å². The average Bonchev–Trinajstić information content (AvgIpc) is 3.76. The fraction of sp³-hybridized carbons (Fsp3) is 0.565. The third-order valence-corrected chi connectivity index (χ3v) is 11.6. The Morgan fingerprint density at radius 3 is 2.55 bits per heavy atom. The third kappa shape index (κ3) is 5.69. The molecule has 3 aliphatic rings. The van der Waals surface area contributed by atoms with E-state index >= 15 is 0 Å². The summed E-state index contributed by atoms with van der Waals surface area (Å²) >= 11 is 9.64. The van der Waals surface area contributed by atoms with Crippen molar-refractivity contribution >= 4 is 71.7 Å². The number of hydrogen-bond acceptors (Lipinski definition) is 17. The van der Waals surface area contributed by atoms with Crippen LogP contribution in [-0.2, 0) is 43.9 Å². The maximum atomic E-state index is 13.8. The Kier molecular flexibility index (Phi) is 8.25. The van der Waals surface area contributed by atoms with Crippen molar-refractivity contribution in [2.75, 3.05) is 31.3 Å². The highest BCUT2D eigenvalue weighted by Crippen LogP contribution is 2.61. The van der Waals surface area contributed by atoms with Crippen LogP contribution in [-0.4, -0.2) is 92.8 Å². The van der Waals surface area contributed by atoms with Gasteiger partial charge in [0.15, 0.2) is 22.6 Å². The van der Waals surface area contributed by atoms with Gasteiger partial charge in [-0.15, -0.1) is 0 Å². The van der Waals surface area contributed by atoms with Gasteiger partial charge in [-0.2, -0.15) is 4.98 Å². The molecular formula is C23H30N10O10P2S2. The molecule has 0 aliphatic carbocycles. The molecule has 7 N–H and O–H groups in total. The summed E-state index contributed by atoms with van der Waals surface area (Å²) in [4.78, 5) is 46.9. The minimum Gasteiger partial charge on any atom is -0.393 e. The molecule has 3 unspecified atom stereocenters. The first-order valence-electron chi connectivity index (χ1n) is 14.1. The highest BCUT2D eigenvalue weighted by atomic mass is 32.7. The van der Waals surface area contributed by atoms with Gasteiger partial charge in [-0.1, -0.05) is 26.1 Å². The summed E-state index contributed by atoms with van der Waals surface area (Å²) in [5.41, 5.74) is 10.3. The van der Waals surface area contributed by atoms with Crippen LogP contribution in [0.15, 0.2) is 23.8 Å². The van der Waals surface area contributed by atoms with Crippen LogP contribution < -0.4 is 17.0 Å². The molecule has 254 valence electrons. The van der Waals surface area contributed by atoms with Gasteiger partial charge >= 0.3 is 13.5 Å². The van der Waals surface area contributed by atoms with E-state index in [1.165, 1.54) is 23.5 Å². The monoisotopic (exact) mass is 732 g/mol. The number of nitrogens with two attached hydrogens (primary N) is 2. The number of aromatic nitrogens is 8. The predicted octanol–water partition coefficient (Wildman–Crippen LogP) is 0.625. The lowest BCUT2D eigenvalue weighted by Crippen LogP contribution is -2.49. The molecule has 3 fully saturated rings. The normalized spacial score (nSPS) is 38.2. The summed E-state index contributed by atoms with van der Waals surface area (Å²) in [5, 5.41) is 10.7. The van der Waals surface area contributed by atoms with Crippen LogP contribution in [0.2, 0.25) is 0 Å². The van der Waals surface area contributed by atoms with Crippen LogP contribution in [0.1, 0.15) is 26.3 Å². The van der Waals surface area contributed by atoms with E-state index in [0.29, 0.717) is 11.2 Å². The van der Waals surface area contributed by atoms with Gasteiger partial charge in [0.2, 0.25) is 5.95 Å². The number of imidazole rings is 2. The SMILES string of the molecule is C[C@@H]1[C@@H]2OP(O)(=S)OC[C@@]3(CO)O[C@@H](n4cnc5c(N)ncnc54)[C@H](C)[C@@H]3OP(=O)(S)OCC2O[C@H]1n1cnc2c(=O)[nH]c(N)nc21. The Morgan fingerprint density at radius 2 is 1.81 bits per heavy atom. The molecule has 7 rings (SSSR count). The Hall–Kier alpha value is -2.59. The van der Waals surface area contributed by atoms with Crippen LogP contribution in [0.5, 0.6) is 0 Å². The summed E-state index contributed by atoms with van der Waals surface area (Å²) in [7, 11) is 0. The van der Waals surface area contributed by atoms with E-state index in [0.717, 1.165) is 0 Å². The van der Waals surface area contributed by atoms with E-state index in [-0.39, 0.29) is 22.9 Å². The van der Waals surface area contributed by atoms with E-state index < -0.39 is 87.1 Å². The van der Waals surface area contributed by atoms with Crippen LogP contribution in [0.4, 0.5) is 11.8 Å². The van der Waals surface area contributed by atoms with Crippen LogP contribution >= 0.6 is 25.8 Å². The lowest BCUT2D eigenvalue weighted by Gasteiger charge is -2.36. The highest BCUT2D eigenvalue weighted by molar-refractivity contribution is 8.44. The van der Waals surface area contributed by atoms with Crippen molar-refractivity contribution < 1.29 is 42.1 Å². The van der Waals surface area contributed by atoms with Gasteiger partial charge in [0.05, 0.1) is 32.5 Å². The van der Waals surface area contributed by atoms with Crippen molar-refractivity contribution in [3.8, 4) is 0 Å². The number of aliphatic hydroxyl groups excluding tert-OH is 1. The molecule has 0 saturated carbocycles. The molecule has 4 aromatic heterocycles. The first kappa shape index (κ1) is 32.9. The number of anilines is 2. The lowest BCUT2D eigenvalue weighted by molar-refractivity contribution is -0.144.